The first-order valence-electron chi connectivity index (χ1n) is 6.69. The highest BCUT2D eigenvalue weighted by Gasteiger charge is 2.15. The molecule has 2 rings (SSSR count). The maximum atomic E-state index is 5.97. The Balaban J connectivity index is 2.44. The molecule has 4 nitrogen and oxygen atoms in total. The van der Waals surface area contributed by atoms with Crippen molar-refractivity contribution in [2.45, 2.75) is 46.7 Å². The Morgan fingerprint density at radius 3 is 2.55 bits per heavy atom. The lowest BCUT2D eigenvalue weighted by atomic mass is 10.1. The summed E-state index contributed by atoms with van der Waals surface area (Å²) in [5.74, 6) is 0.839. The molecule has 0 aliphatic carbocycles. The second kappa shape index (κ2) is 5.54. The van der Waals surface area contributed by atoms with Crippen molar-refractivity contribution in [2.24, 2.45) is 0 Å². The molecule has 0 fully saturated rings. The molecule has 0 aromatic carbocycles. The Bertz CT molecular complexity index is 611. The van der Waals surface area contributed by atoms with Gasteiger partial charge in [0.05, 0.1) is 17.4 Å². The lowest BCUT2D eigenvalue weighted by Gasteiger charge is -2.22. The minimum atomic E-state index is 0.0519. The molecule has 0 aliphatic rings. The second-order valence-corrected chi connectivity index (χ2v) is 6.53. The van der Waals surface area contributed by atoms with Gasteiger partial charge in [-0.2, -0.15) is 5.10 Å². The quantitative estimate of drug-likeness (QED) is 0.942. The molecule has 0 spiro atoms. The number of nitrogens with one attached hydrogen (secondary N) is 1. The zero-order valence-corrected chi connectivity index (χ0v) is 13.4. The molecule has 5 heteroatoms. The predicted molar refractivity (Wildman–Crippen MR) is 82.4 cm³/mol. The normalized spacial score (nSPS) is 11.9. The van der Waals surface area contributed by atoms with Crippen LogP contribution in [0.5, 0.6) is 0 Å². The van der Waals surface area contributed by atoms with E-state index in [2.05, 4.69) is 49.2 Å². The van der Waals surface area contributed by atoms with E-state index < -0.39 is 0 Å². The number of aryl methyl sites for hydroxylation is 2. The summed E-state index contributed by atoms with van der Waals surface area (Å²) < 4.78 is 1.74. The first-order chi connectivity index (χ1) is 9.26. The number of hydrogen-bond donors (Lipinski definition) is 1. The van der Waals surface area contributed by atoms with Gasteiger partial charge in [-0.3, -0.25) is 0 Å². The van der Waals surface area contributed by atoms with E-state index in [0.29, 0.717) is 5.02 Å². The summed E-state index contributed by atoms with van der Waals surface area (Å²) in [6, 6.07) is 2.09. The van der Waals surface area contributed by atoms with Crippen LogP contribution in [0.25, 0.3) is 5.82 Å². The highest BCUT2D eigenvalue weighted by molar-refractivity contribution is 6.30. The summed E-state index contributed by atoms with van der Waals surface area (Å²) in [4.78, 5) is 4.62. The van der Waals surface area contributed by atoms with Gasteiger partial charge in [-0.15, -0.1) is 0 Å². The number of hydrogen-bond acceptors (Lipinski definition) is 3. The van der Waals surface area contributed by atoms with Crippen LogP contribution in [0.15, 0.2) is 18.5 Å². The minimum Gasteiger partial charge on any atom is -0.308 e. The van der Waals surface area contributed by atoms with Crippen LogP contribution in [0.1, 0.15) is 37.6 Å². The smallest absolute Gasteiger partial charge is 0.158 e. The van der Waals surface area contributed by atoms with Crippen molar-refractivity contribution >= 4 is 11.6 Å². The fourth-order valence-electron chi connectivity index (χ4n) is 2.02. The monoisotopic (exact) mass is 292 g/mol. The van der Waals surface area contributed by atoms with Gasteiger partial charge in [-0.25, -0.2) is 9.67 Å². The topological polar surface area (TPSA) is 42.7 Å². The van der Waals surface area contributed by atoms with Crippen LogP contribution < -0.4 is 5.32 Å². The van der Waals surface area contributed by atoms with Gasteiger partial charge in [-0.1, -0.05) is 11.6 Å². The van der Waals surface area contributed by atoms with Gasteiger partial charge in [0.2, 0.25) is 0 Å². The van der Waals surface area contributed by atoms with Crippen molar-refractivity contribution in [3.63, 3.8) is 0 Å². The first-order valence-corrected chi connectivity index (χ1v) is 7.07. The Hall–Kier alpha value is -1.39. The van der Waals surface area contributed by atoms with E-state index in [-0.39, 0.29) is 5.54 Å². The SMILES string of the molecule is Cc1cc(C)c(CNC(C)(C)C)c(-n2cc(Cl)cn2)n1. The van der Waals surface area contributed by atoms with Crippen LogP contribution >= 0.6 is 11.6 Å². The Morgan fingerprint density at radius 1 is 1.30 bits per heavy atom. The molecular formula is C15H21ClN4. The minimum absolute atomic E-state index is 0.0519. The van der Waals surface area contributed by atoms with Gasteiger partial charge in [0, 0.05) is 23.3 Å². The Kier molecular flexibility index (Phi) is 4.16. The summed E-state index contributed by atoms with van der Waals surface area (Å²) in [5.41, 5.74) is 3.38. The summed E-state index contributed by atoms with van der Waals surface area (Å²) in [7, 11) is 0. The zero-order chi connectivity index (χ0) is 14.9. The zero-order valence-electron chi connectivity index (χ0n) is 12.7. The van der Waals surface area contributed by atoms with Crippen molar-refractivity contribution in [1.29, 1.82) is 0 Å². The Morgan fingerprint density at radius 2 is 2.00 bits per heavy atom. The van der Waals surface area contributed by atoms with Crippen molar-refractivity contribution in [3.8, 4) is 5.82 Å². The van der Waals surface area contributed by atoms with Crippen LogP contribution in [-0.2, 0) is 6.54 Å². The number of halogens is 1. The van der Waals surface area contributed by atoms with Gasteiger partial charge in [0.25, 0.3) is 0 Å². The molecule has 20 heavy (non-hydrogen) atoms. The molecule has 2 aromatic rings. The van der Waals surface area contributed by atoms with Gasteiger partial charge in [0.15, 0.2) is 5.82 Å². The third-order valence-electron chi connectivity index (χ3n) is 3.02. The molecule has 0 unspecified atom stereocenters. The van der Waals surface area contributed by atoms with E-state index in [4.69, 9.17) is 11.6 Å². The fourth-order valence-corrected chi connectivity index (χ4v) is 2.16. The van der Waals surface area contributed by atoms with Crippen molar-refractivity contribution in [1.82, 2.24) is 20.1 Å². The molecule has 1 N–H and O–H groups in total. The number of nitrogens with zero attached hydrogens (tertiary/aromatic N) is 3. The van der Waals surface area contributed by atoms with E-state index in [1.807, 2.05) is 6.92 Å². The third kappa shape index (κ3) is 3.58. The van der Waals surface area contributed by atoms with E-state index >= 15 is 0 Å². The van der Waals surface area contributed by atoms with Crippen LogP contribution in [0.4, 0.5) is 0 Å². The molecule has 0 radical (unpaired) electrons. The van der Waals surface area contributed by atoms with Crippen LogP contribution in [0, 0.1) is 13.8 Å². The molecular weight excluding hydrogens is 272 g/mol. The van der Waals surface area contributed by atoms with Crippen molar-refractivity contribution < 1.29 is 0 Å². The van der Waals surface area contributed by atoms with Crippen molar-refractivity contribution in [3.05, 3.63) is 40.3 Å². The standard InChI is InChI=1S/C15H21ClN4/c1-10-6-11(2)19-14(20-9-12(16)7-18-20)13(10)8-17-15(3,4)5/h6-7,9,17H,8H2,1-5H3. The molecule has 0 saturated carbocycles. The van der Waals surface area contributed by atoms with Gasteiger partial charge in [0.1, 0.15) is 0 Å². The largest absolute Gasteiger partial charge is 0.308 e. The van der Waals surface area contributed by atoms with E-state index in [9.17, 15) is 0 Å². The molecule has 108 valence electrons. The van der Waals surface area contributed by atoms with Crippen molar-refractivity contribution in [2.75, 3.05) is 0 Å². The summed E-state index contributed by atoms with van der Waals surface area (Å²) in [6.45, 7) is 11.3. The Labute approximate surface area is 125 Å². The maximum Gasteiger partial charge on any atom is 0.158 e. The van der Waals surface area contributed by atoms with E-state index in [1.165, 1.54) is 5.56 Å². The molecule has 0 atom stereocenters. The number of pyridine rings is 1. The summed E-state index contributed by atoms with van der Waals surface area (Å²) in [6.07, 6.45) is 3.41. The van der Waals surface area contributed by atoms with Crippen LogP contribution in [0.3, 0.4) is 0 Å². The molecule has 2 heterocycles. The average Bonchev–Trinajstić information content (AvgIpc) is 2.72. The van der Waals surface area contributed by atoms with Gasteiger partial charge in [-0.05, 0) is 46.2 Å². The lowest BCUT2D eigenvalue weighted by Crippen LogP contribution is -2.35. The molecule has 0 saturated heterocycles. The van der Waals surface area contributed by atoms with Crippen LogP contribution in [0.2, 0.25) is 5.02 Å². The maximum absolute atomic E-state index is 5.97. The molecule has 2 aromatic heterocycles. The summed E-state index contributed by atoms with van der Waals surface area (Å²) >= 11 is 5.97. The highest BCUT2D eigenvalue weighted by atomic mass is 35.5. The summed E-state index contributed by atoms with van der Waals surface area (Å²) in [5, 5.41) is 8.38. The molecule has 0 bridgehead atoms. The highest BCUT2D eigenvalue weighted by Crippen LogP contribution is 2.20. The van der Waals surface area contributed by atoms with E-state index in [0.717, 1.165) is 23.6 Å². The first kappa shape index (κ1) is 15.0. The third-order valence-corrected chi connectivity index (χ3v) is 3.21. The fraction of sp³-hybridized carbons (Fsp3) is 0.467. The predicted octanol–water partition coefficient (Wildman–Crippen LogP) is 3.43. The lowest BCUT2D eigenvalue weighted by molar-refractivity contribution is 0.423. The number of aromatic nitrogens is 3. The molecule has 0 amide bonds. The second-order valence-electron chi connectivity index (χ2n) is 6.09. The average molecular weight is 293 g/mol. The van der Waals surface area contributed by atoms with Gasteiger partial charge >= 0.3 is 0 Å². The van der Waals surface area contributed by atoms with E-state index in [1.54, 1.807) is 17.1 Å². The van der Waals surface area contributed by atoms with Crippen LogP contribution in [-0.4, -0.2) is 20.3 Å². The number of rotatable bonds is 3. The van der Waals surface area contributed by atoms with Gasteiger partial charge < -0.3 is 5.32 Å². The molecule has 0 aliphatic heterocycles.